The van der Waals surface area contributed by atoms with Gasteiger partial charge in [-0.3, -0.25) is 4.98 Å². The maximum Gasteiger partial charge on any atom is 0.117 e. The highest BCUT2D eigenvalue weighted by atomic mass is 16.3. The zero-order chi connectivity index (χ0) is 15.4. The average molecular weight is 288 g/mol. The lowest BCUT2D eigenvalue weighted by atomic mass is 9.89. The number of hydrogen-bond acceptors (Lipinski definition) is 3. The minimum atomic E-state index is -0.695. The van der Waals surface area contributed by atoms with Gasteiger partial charge in [0, 0.05) is 6.20 Å². The first-order chi connectivity index (χ1) is 10.8. The molecule has 0 saturated carbocycles. The Labute approximate surface area is 129 Å². The number of aliphatic hydroxyl groups excluding tert-OH is 1. The van der Waals surface area contributed by atoms with Crippen molar-refractivity contribution in [1.29, 1.82) is 5.26 Å². The summed E-state index contributed by atoms with van der Waals surface area (Å²) in [6, 6.07) is 15.3. The summed E-state index contributed by atoms with van der Waals surface area (Å²) < 4.78 is 0. The van der Waals surface area contributed by atoms with E-state index in [9.17, 15) is 10.4 Å². The number of hydrogen-bond donors (Lipinski definition) is 1. The number of rotatable bonds is 3. The summed E-state index contributed by atoms with van der Waals surface area (Å²) >= 11 is 0. The number of nitriles is 1. The van der Waals surface area contributed by atoms with Crippen LogP contribution in [0.4, 0.5) is 0 Å². The molecule has 1 unspecified atom stereocenters. The molecule has 1 N–H and O–H groups in total. The van der Waals surface area contributed by atoms with Gasteiger partial charge in [-0.1, -0.05) is 36.4 Å². The van der Waals surface area contributed by atoms with Gasteiger partial charge in [0.2, 0.25) is 0 Å². The molecule has 3 heteroatoms. The summed E-state index contributed by atoms with van der Waals surface area (Å²) in [7, 11) is 0. The van der Waals surface area contributed by atoms with E-state index >= 15 is 0 Å². The van der Waals surface area contributed by atoms with Gasteiger partial charge in [-0.05, 0) is 47.8 Å². The second-order valence-electron chi connectivity index (χ2n) is 5.23. The van der Waals surface area contributed by atoms with Gasteiger partial charge in [0.15, 0.2) is 0 Å². The van der Waals surface area contributed by atoms with E-state index in [0.29, 0.717) is 11.3 Å². The Bertz CT molecular complexity index is 770. The Hall–Kier alpha value is -2.70. The average Bonchev–Trinajstić information content (AvgIpc) is 2.62. The molecule has 108 valence electrons. The van der Waals surface area contributed by atoms with Crippen LogP contribution >= 0.6 is 0 Å². The summed E-state index contributed by atoms with van der Waals surface area (Å²) in [6.07, 6.45) is 6.74. The normalized spacial score (nSPS) is 15.5. The lowest BCUT2D eigenvalue weighted by molar-refractivity contribution is 0.206. The predicted octanol–water partition coefficient (Wildman–Crippen LogP) is 3.79. The molecule has 1 aliphatic rings. The topological polar surface area (TPSA) is 56.9 Å². The molecule has 3 nitrogen and oxygen atoms in total. The number of nitrogens with zero attached hydrogens (tertiary/aromatic N) is 2. The fourth-order valence-corrected chi connectivity index (χ4v) is 2.69. The van der Waals surface area contributed by atoms with Crippen LogP contribution in [0, 0.1) is 11.3 Å². The number of allylic oxidation sites excluding steroid dienone is 3. The minimum Gasteiger partial charge on any atom is -0.382 e. The zero-order valence-electron chi connectivity index (χ0n) is 12.1. The Balaban J connectivity index is 1.94. The highest BCUT2D eigenvalue weighted by Gasteiger charge is 2.18. The quantitative estimate of drug-likeness (QED) is 0.934. The van der Waals surface area contributed by atoms with Gasteiger partial charge in [0.25, 0.3) is 0 Å². The van der Waals surface area contributed by atoms with Crippen LogP contribution in [-0.4, -0.2) is 10.1 Å². The summed E-state index contributed by atoms with van der Waals surface area (Å²) in [5, 5.41) is 19.8. The molecule has 0 spiro atoms. The van der Waals surface area contributed by atoms with Crippen LogP contribution in [0.5, 0.6) is 0 Å². The molecule has 0 saturated heterocycles. The molecular weight excluding hydrogens is 272 g/mol. The second kappa shape index (κ2) is 6.38. The molecule has 0 radical (unpaired) electrons. The molecule has 2 aromatic rings. The fraction of sp³-hybridized carbons (Fsp3) is 0.158. The molecular formula is C19H16N2O. The van der Waals surface area contributed by atoms with E-state index in [1.807, 2.05) is 48.5 Å². The molecule has 0 amide bonds. The Kier molecular flexibility index (Phi) is 4.13. The van der Waals surface area contributed by atoms with E-state index in [0.717, 1.165) is 29.6 Å². The van der Waals surface area contributed by atoms with Gasteiger partial charge in [-0.15, -0.1) is 0 Å². The van der Waals surface area contributed by atoms with E-state index in [1.54, 1.807) is 6.20 Å². The summed E-state index contributed by atoms with van der Waals surface area (Å²) in [5.41, 5.74) is 4.15. The van der Waals surface area contributed by atoms with Crippen molar-refractivity contribution < 1.29 is 5.11 Å². The lowest BCUT2D eigenvalue weighted by Gasteiger charge is -2.19. The first-order valence-electron chi connectivity index (χ1n) is 7.28. The third kappa shape index (κ3) is 2.83. The van der Waals surface area contributed by atoms with Crippen LogP contribution in [0.25, 0.3) is 5.57 Å². The molecule has 1 heterocycles. The van der Waals surface area contributed by atoms with Crippen molar-refractivity contribution in [2.24, 2.45) is 0 Å². The minimum absolute atomic E-state index is 0.651. The van der Waals surface area contributed by atoms with Crippen LogP contribution in [0.2, 0.25) is 0 Å². The monoisotopic (exact) mass is 288 g/mol. The van der Waals surface area contributed by atoms with Crippen LogP contribution in [-0.2, 0) is 0 Å². The smallest absolute Gasteiger partial charge is 0.117 e. The van der Waals surface area contributed by atoms with Crippen molar-refractivity contribution in [1.82, 2.24) is 4.98 Å². The van der Waals surface area contributed by atoms with Crippen molar-refractivity contribution in [3.63, 3.8) is 0 Å². The molecule has 22 heavy (non-hydrogen) atoms. The molecule has 1 atom stereocenters. The van der Waals surface area contributed by atoms with Crippen molar-refractivity contribution in [3.05, 3.63) is 83.2 Å². The number of pyridine rings is 1. The molecule has 1 aliphatic carbocycles. The highest BCUT2D eigenvalue weighted by Crippen LogP contribution is 2.33. The SMILES string of the molecule is N#Cc1ccccc1C1=CCCC(C(O)c2ccccn2)=C1. The Morgan fingerprint density at radius 1 is 1.14 bits per heavy atom. The van der Waals surface area contributed by atoms with Crippen LogP contribution in [0.15, 0.2) is 66.4 Å². The molecule has 0 aliphatic heterocycles. The molecule has 1 aromatic heterocycles. The van der Waals surface area contributed by atoms with Crippen LogP contribution in [0.1, 0.15) is 35.8 Å². The molecule has 3 rings (SSSR count). The maximum atomic E-state index is 10.5. The number of aromatic nitrogens is 1. The van der Waals surface area contributed by atoms with Crippen molar-refractivity contribution in [3.8, 4) is 6.07 Å². The van der Waals surface area contributed by atoms with Crippen LogP contribution in [0.3, 0.4) is 0 Å². The first-order valence-corrected chi connectivity index (χ1v) is 7.28. The van der Waals surface area contributed by atoms with E-state index in [2.05, 4.69) is 17.1 Å². The first kappa shape index (κ1) is 14.2. The van der Waals surface area contributed by atoms with Crippen molar-refractivity contribution in [2.75, 3.05) is 0 Å². The second-order valence-corrected chi connectivity index (χ2v) is 5.23. The maximum absolute atomic E-state index is 10.5. The third-order valence-electron chi connectivity index (χ3n) is 3.82. The van der Waals surface area contributed by atoms with Gasteiger partial charge in [-0.2, -0.15) is 5.26 Å². The van der Waals surface area contributed by atoms with Gasteiger partial charge in [-0.25, -0.2) is 0 Å². The number of aliphatic hydroxyl groups is 1. The third-order valence-corrected chi connectivity index (χ3v) is 3.82. The summed E-state index contributed by atoms with van der Waals surface area (Å²) in [5.74, 6) is 0. The van der Waals surface area contributed by atoms with E-state index in [-0.39, 0.29) is 0 Å². The number of benzene rings is 1. The summed E-state index contributed by atoms with van der Waals surface area (Å²) in [6.45, 7) is 0. The summed E-state index contributed by atoms with van der Waals surface area (Å²) in [4.78, 5) is 4.22. The fourth-order valence-electron chi connectivity index (χ4n) is 2.69. The predicted molar refractivity (Wildman–Crippen MR) is 85.6 cm³/mol. The lowest BCUT2D eigenvalue weighted by Crippen LogP contribution is -2.06. The largest absolute Gasteiger partial charge is 0.382 e. The highest BCUT2D eigenvalue weighted by molar-refractivity contribution is 5.79. The molecule has 0 fully saturated rings. The van der Waals surface area contributed by atoms with E-state index in [4.69, 9.17) is 0 Å². The van der Waals surface area contributed by atoms with Crippen molar-refractivity contribution >= 4 is 5.57 Å². The zero-order valence-corrected chi connectivity index (χ0v) is 12.1. The van der Waals surface area contributed by atoms with Gasteiger partial charge in [0.05, 0.1) is 17.3 Å². The van der Waals surface area contributed by atoms with Gasteiger partial charge >= 0.3 is 0 Å². The van der Waals surface area contributed by atoms with E-state index < -0.39 is 6.10 Å². The Morgan fingerprint density at radius 2 is 1.95 bits per heavy atom. The Morgan fingerprint density at radius 3 is 2.73 bits per heavy atom. The molecule has 1 aromatic carbocycles. The molecule has 0 bridgehead atoms. The standard InChI is InChI=1S/C19H16N2O/c20-13-16-6-1-2-9-17(16)14-7-5-8-15(12-14)19(22)18-10-3-4-11-21-18/h1-4,6-7,9-12,19,22H,5,8H2. The van der Waals surface area contributed by atoms with Crippen LogP contribution < -0.4 is 0 Å². The van der Waals surface area contributed by atoms with Gasteiger partial charge in [0.1, 0.15) is 6.10 Å². The van der Waals surface area contributed by atoms with Gasteiger partial charge < -0.3 is 5.11 Å². The van der Waals surface area contributed by atoms with E-state index in [1.165, 1.54) is 0 Å². The van der Waals surface area contributed by atoms with Crippen molar-refractivity contribution in [2.45, 2.75) is 18.9 Å².